The van der Waals surface area contributed by atoms with Gasteiger partial charge >= 0.3 is 0 Å². The van der Waals surface area contributed by atoms with Gasteiger partial charge in [-0.25, -0.2) is 10.8 Å². The zero-order valence-electron chi connectivity index (χ0n) is 11.8. The lowest BCUT2D eigenvalue weighted by Crippen LogP contribution is -2.47. The van der Waals surface area contributed by atoms with E-state index in [0.29, 0.717) is 6.04 Å². The Hall–Kier alpha value is -1.59. The van der Waals surface area contributed by atoms with Crippen molar-refractivity contribution in [3.05, 3.63) is 30.3 Å². The fraction of sp³-hybridized carbons (Fsp3) is 0.533. The number of nitrogens with two attached hydrogens (primary N) is 1. The van der Waals surface area contributed by atoms with Crippen LogP contribution in [0.4, 0.5) is 5.69 Å². The fourth-order valence-corrected chi connectivity index (χ4v) is 3.22. The molecule has 0 saturated carbocycles. The van der Waals surface area contributed by atoms with Gasteiger partial charge in [0, 0.05) is 25.7 Å². The summed E-state index contributed by atoms with van der Waals surface area (Å²) in [6.07, 6.45) is 3.78. The molecular weight excluding hydrogens is 250 g/mol. The summed E-state index contributed by atoms with van der Waals surface area (Å²) >= 11 is 0. The number of guanidine groups is 1. The Bertz CT molecular complexity index is 459. The average Bonchev–Trinajstić information content (AvgIpc) is 2.83. The lowest BCUT2D eigenvalue weighted by molar-refractivity contribution is 0.254. The van der Waals surface area contributed by atoms with Crippen molar-refractivity contribution in [2.24, 2.45) is 10.8 Å². The largest absolute Gasteiger partial charge is 0.340 e. The van der Waals surface area contributed by atoms with Crippen LogP contribution >= 0.6 is 0 Å². The van der Waals surface area contributed by atoms with E-state index in [0.717, 1.165) is 24.7 Å². The summed E-state index contributed by atoms with van der Waals surface area (Å²) in [6, 6.07) is 10.6. The van der Waals surface area contributed by atoms with Crippen LogP contribution in [0.5, 0.6) is 0 Å². The van der Waals surface area contributed by atoms with E-state index >= 15 is 0 Å². The van der Waals surface area contributed by atoms with Crippen LogP contribution in [0.3, 0.4) is 0 Å². The van der Waals surface area contributed by atoms with Gasteiger partial charge in [-0.05, 0) is 37.9 Å². The monoisotopic (exact) mass is 273 g/mol. The van der Waals surface area contributed by atoms with E-state index in [-0.39, 0.29) is 0 Å². The van der Waals surface area contributed by atoms with Gasteiger partial charge in [0.1, 0.15) is 0 Å². The zero-order chi connectivity index (χ0) is 13.8. The minimum Gasteiger partial charge on any atom is -0.340 e. The molecule has 0 radical (unpaired) electrons. The Labute approximate surface area is 120 Å². The first-order valence-corrected chi connectivity index (χ1v) is 7.46. The molecule has 108 valence electrons. The molecule has 3 rings (SSSR count). The quantitative estimate of drug-likeness (QED) is 0.350. The Kier molecular flexibility index (Phi) is 4.18. The van der Waals surface area contributed by atoms with E-state index in [1.54, 1.807) is 0 Å². The maximum absolute atomic E-state index is 5.70. The number of nitrogens with one attached hydrogen (secondary N) is 1. The predicted molar refractivity (Wildman–Crippen MR) is 81.6 cm³/mol. The van der Waals surface area contributed by atoms with E-state index in [1.165, 1.54) is 32.4 Å². The van der Waals surface area contributed by atoms with Crippen molar-refractivity contribution in [3.63, 3.8) is 0 Å². The highest BCUT2D eigenvalue weighted by Gasteiger charge is 2.29. The maximum Gasteiger partial charge on any atom is 0.213 e. The molecule has 1 aromatic carbocycles. The van der Waals surface area contributed by atoms with Crippen LogP contribution in [0.1, 0.15) is 19.3 Å². The summed E-state index contributed by atoms with van der Waals surface area (Å²) in [4.78, 5) is 9.55. The number of benzene rings is 1. The molecule has 0 aliphatic carbocycles. The van der Waals surface area contributed by atoms with Crippen molar-refractivity contribution < 1.29 is 0 Å². The predicted octanol–water partition coefficient (Wildman–Crippen LogP) is 1.31. The molecule has 0 amide bonds. The first kappa shape index (κ1) is 13.4. The summed E-state index contributed by atoms with van der Waals surface area (Å²) in [6.45, 7) is 4.49. The second-order valence-corrected chi connectivity index (χ2v) is 5.55. The summed E-state index contributed by atoms with van der Waals surface area (Å²) in [5, 5.41) is 0. The second kappa shape index (κ2) is 6.24. The highest BCUT2D eigenvalue weighted by atomic mass is 15.4. The van der Waals surface area contributed by atoms with Gasteiger partial charge in [-0.15, -0.1) is 0 Å². The third-order valence-corrected chi connectivity index (χ3v) is 4.22. The molecule has 1 atom stereocenters. The van der Waals surface area contributed by atoms with Crippen molar-refractivity contribution >= 4 is 11.6 Å². The standard InChI is InChI=1S/C15H23N5/c16-18-15(17-13-6-2-1-3-7-13)20-11-5-10-19-9-4-8-14(19)12-20/h1-3,6-7,14H,4-5,8-12,16H2,(H,17,18). The lowest BCUT2D eigenvalue weighted by Gasteiger charge is -2.27. The molecule has 0 bridgehead atoms. The zero-order valence-corrected chi connectivity index (χ0v) is 11.8. The molecule has 3 N–H and O–H groups in total. The summed E-state index contributed by atoms with van der Waals surface area (Å²) < 4.78 is 0. The van der Waals surface area contributed by atoms with E-state index in [9.17, 15) is 0 Å². The Morgan fingerprint density at radius 2 is 1.95 bits per heavy atom. The molecular formula is C15H23N5. The number of hydrogen-bond donors (Lipinski definition) is 2. The highest BCUT2D eigenvalue weighted by molar-refractivity contribution is 5.82. The smallest absolute Gasteiger partial charge is 0.213 e. The third kappa shape index (κ3) is 2.94. The number of fused-ring (bicyclic) bond motifs is 1. The topological polar surface area (TPSA) is 56.9 Å². The third-order valence-electron chi connectivity index (χ3n) is 4.22. The molecule has 2 saturated heterocycles. The number of hydrazine groups is 1. The second-order valence-electron chi connectivity index (χ2n) is 5.55. The van der Waals surface area contributed by atoms with E-state index in [4.69, 9.17) is 5.84 Å². The molecule has 2 aliphatic rings. The van der Waals surface area contributed by atoms with Crippen molar-refractivity contribution in [2.45, 2.75) is 25.3 Å². The van der Waals surface area contributed by atoms with Gasteiger partial charge in [0.05, 0.1) is 5.69 Å². The van der Waals surface area contributed by atoms with Crippen LogP contribution in [0.2, 0.25) is 0 Å². The number of para-hydroxylation sites is 1. The molecule has 1 unspecified atom stereocenters. The molecule has 5 heteroatoms. The van der Waals surface area contributed by atoms with Crippen LogP contribution < -0.4 is 11.3 Å². The van der Waals surface area contributed by atoms with Crippen LogP contribution in [-0.2, 0) is 0 Å². The molecule has 0 aromatic heterocycles. The van der Waals surface area contributed by atoms with Gasteiger partial charge < -0.3 is 4.90 Å². The Balaban J connectivity index is 1.76. The van der Waals surface area contributed by atoms with Crippen LogP contribution in [0.15, 0.2) is 35.3 Å². The van der Waals surface area contributed by atoms with E-state index < -0.39 is 0 Å². The minimum atomic E-state index is 0.659. The normalized spacial score (nSPS) is 24.4. The van der Waals surface area contributed by atoms with Crippen molar-refractivity contribution in [1.82, 2.24) is 15.2 Å². The average molecular weight is 273 g/mol. The van der Waals surface area contributed by atoms with Gasteiger partial charge in [-0.2, -0.15) is 0 Å². The van der Waals surface area contributed by atoms with Crippen LogP contribution in [0.25, 0.3) is 0 Å². The van der Waals surface area contributed by atoms with Gasteiger partial charge in [0.25, 0.3) is 0 Å². The van der Waals surface area contributed by atoms with Crippen molar-refractivity contribution in [2.75, 3.05) is 26.2 Å². The van der Waals surface area contributed by atoms with Crippen LogP contribution in [0, 0.1) is 0 Å². The van der Waals surface area contributed by atoms with Gasteiger partial charge in [0.2, 0.25) is 5.96 Å². The summed E-state index contributed by atoms with van der Waals surface area (Å²) in [5.41, 5.74) is 3.72. The SMILES string of the molecule is NNC(=Nc1ccccc1)N1CCCN2CCCC2C1. The first-order chi connectivity index (χ1) is 9.86. The first-order valence-electron chi connectivity index (χ1n) is 7.46. The van der Waals surface area contributed by atoms with E-state index in [2.05, 4.69) is 20.2 Å². The lowest BCUT2D eigenvalue weighted by atomic mass is 10.2. The number of rotatable bonds is 1. The number of nitrogens with zero attached hydrogens (tertiary/aromatic N) is 3. The highest BCUT2D eigenvalue weighted by Crippen LogP contribution is 2.21. The maximum atomic E-state index is 5.70. The molecule has 5 nitrogen and oxygen atoms in total. The fourth-order valence-electron chi connectivity index (χ4n) is 3.22. The molecule has 2 fully saturated rings. The number of aliphatic imine (C=N–C) groups is 1. The Morgan fingerprint density at radius 3 is 2.75 bits per heavy atom. The molecule has 2 heterocycles. The summed E-state index contributed by atoms with van der Waals surface area (Å²) in [7, 11) is 0. The molecule has 20 heavy (non-hydrogen) atoms. The molecule has 2 aliphatic heterocycles. The van der Waals surface area contributed by atoms with Crippen molar-refractivity contribution in [1.29, 1.82) is 0 Å². The Morgan fingerprint density at radius 1 is 1.15 bits per heavy atom. The van der Waals surface area contributed by atoms with Gasteiger partial charge in [-0.3, -0.25) is 10.3 Å². The minimum absolute atomic E-state index is 0.659. The van der Waals surface area contributed by atoms with Gasteiger partial charge in [-0.1, -0.05) is 18.2 Å². The molecule has 0 spiro atoms. The van der Waals surface area contributed by atoms with Crippen molar-refractivity contribution in [3.8, 4) is 0 Å². The molecule has 1 aromatic rings. The van der Waals surface area contributed by atoms with Gasteiger partial charge in [0.15, 0.2) is 0 Å². The van der Waals surface area contributed by atoms with E-state index in [1.807, 2.05) is 30.3 Å². The van der Waals surface area contributed by atoms with Crippen LogP contribution in [-0.4, -0.2) is 48.0 Å². The number of hydrogen-bond acceptors (Lipinski definition) is 3. The summed E-state index contributed by atoms with van der Waals surface area (Å²) in [5.74, 6) is 6.49.